The fraction of sp³-hybridized carbons (Fsp3) is 0.556. The van der Waals surface area contributed by atoms with Crippen molar-refractivity contribution in [3.8, 4) is 0 Å². The number of halogens is 4. The summed E-state index contributed by atoms with van der Waals surface area (Å²) in [7, 11) is 0. The number of aromatic amines is 1. The molecular weight excluding hydrogens is 490 g/mol. The summed E-state index contributed by atoms with van der Waals surface area (Å²) < 4.78 is 47.5. The van der Waals surface area contributed by atoms with Crippen LogP contribution in [0.25, 0.3) is 11.0 Å². The van der Waals surface area contributed by atoms with Crippen LogP contribution in [0.4, 0.5) is 18.0 Å². The summed E-state index contributed by atoms with van der Waals surface area (Å²) in [4.78, 5) is 28.7. The van der Waals surface area contributed by atoms with Crippen LogP contribution in [-0.2, 0) is 10.9 Å². The highest BCUT2D eigenvalue weighted by Gasteiger charge is 2.38. The average molecular weight is 511 g/mol. The van der Waals surface area contributed by atoms with Crippen LogP contribution in [0.5, 0.6) is 0 Å². The highest BCUT2D eigenvalue weighted by Crippen LogP contribution is 2.39. The van der Waals surface area contributed by atoms with Gasteiger partial charge in [0.15, 0.2) is 0 Å². The standard InChI is InChI=1S/C18H21F3IN3O3/c1-17(2,3)28-16(27)24-8-6-10(7-9-24)25-14-12(23-15(25)26)5-4-11(22)13(14)18(19,20)21/h4-5,10H,6-9H2,1-3H3,(H,23,26). The number of amides is 1. The third-order valence-corrected chi connectivity index (χ3v) is 5.49. The first-order valence-electron chi connectivity index (χ1n) is 8.86. The molecule has 3 rings (SSSR count). The maximum atomic E-state index is 13.7. The SMILES string of the molecule is CC(C)(C)OC(=O)N1CCC(n2c(=O)[nH]c3ccc(I)c(C(F)(F)F)c32)CC1. The van der Waals surface area contributed by atoms with Crippen molar-refractivity contribution in [2.45, 2.75) is 51.4 Å². The van der Waals surface area contributed by atoms with E-state index in [1.165, 1.54) is 21.6 Å². The number of carbonyl (C=O) groups is 1. The predicted molar refractivity (Wildman–Crippen MR) is 106 cm³/mol. The van der Waals surface area contributed by atoms with Crippen molar-refractivity contribution in [1.29, 1.82) is 0 Å². The van der Waals surface area contributed by atoms with Gasteiger partial charge in [0.25, 0.3) is 0 Å². The largest absolute Gasteiger partial charge is 0.444 e. The molecule has 2 heterocycles. The molecule has 10 heteroatoms. The lowest BCUT2D eigenvalue weighted by Gasteiger charge is -2.34. The molecule has 154 valence electrons. The summed E-state index contributed by atoms with van der Waals surface area (Å²) >= 11 is 1.64. The molecule has 1 fully saturated rings. The molecule has 1 N–H and O–H groups in total. The number of rotatable bonds is 1. The normalized spacial score (nSPS) is 16.6. The number of aromatic nitrogens is 2. The van der Waals surface area contributed by atoms with E-state index in [0.29, 0.717) is 25.9 Å². The Morgan fingerprint density at radius 1 is 1.21 bits per heavy atom. The monoisotopic (exact) mass is 511 g/mol. The lowest BCUT2D eigenvalue weighted by molar-refractivity contribution is -0.137. The molecule has 1 amide bonds. The molecule has 1 aliphatic heterocycles. The molecule has 6 nitrogen and oxygen atoms in total. The molecule has 28 heavy (non-hydrogen) atoms. The van der Waals surface area contributed by atoms with Gasteiger partial charge < -0.3 is 14.6 Å². The van der Waals surface area contributed by atoms with Gasteiger partial charge in [-0.1, -0.05) is 0 Å². The number of alkyl halides is 3. The van der Waals surface area contributed by atoms with Crippen LogP contribution < -0.4 is 5.69 Å². The molecule has 0 radical (unpaired) electrons. The van der Waals surface area contributed by atoms with Gasteiger partial charge in [-0.2, -0.15) is 13.2 Å². The number of nitrogens with one attached hydrogen (secondary N) is 1. The van der Waals surface area contributed by atoms with Gasteiger partial charge in [-0.15, -0.1) is 0 Å². The Morgan fingerprint density at radius 3 is 2.36 bits per heavy atom. The third-order valence-electron chi connectivity index (χ3n) is 4.59. The zero-order chi connectivity index (χ0) is 20.9. The third kappa shape index (κ3) is 4.15. The Morgan fingerprint density at radius 2 is 1.82 bits per heavy atom. The minimum absolute atomic E-state index is 0.0385. The van der Waals surface area contributed by atoms with Crippen molar-refractivity contribution >= 4 is 39.7 Å². The van der Waals surface area contributed by atoms with Crippen molar-refractivity contribution in [2.24, 2.45) is 0 Å². The zero-order valence-electron chi connectivity index (χ0n) is 15.7. The lowest BCUT2D eigenvalue weighted by atomic mass is 10.0. The Bertz CT molecular complexity index is 951. The molecule has 1 saturated heterocycles. The number of ether oxygens (including phenoxy) is 1. The second-order valence-electron chi connectivity index (χ2n) is 7.82. The summed E-state index contributed by atoms with van der Waals surface area (Å²) in [6, 6.07) is 2.40. The molecule has 0 saturated carbocycles. The average Bonchev–Trinajstić information content (AvgIpc) is 2.87. The number of nitrogens with zero attached hydrogens (tertiary/aromatic N) is 2. The summed E-state index contributed by atoms with van der Waals surface area (Å²) in [5.41, 5.74) is -1.97. The van der Waals surface area contributed by atoms with Crippen LogP contribution in [0, 0.1) is 3.57 Å². The number of likely N-dealkylation sites (tertiary alicyclic amines) is 1. The molecule has 1 aromatic heterocycles. The number of fused-ring (bicyclic) bond motifs is 1. The molecule has 2 aromatic rings. The highest BCUT2D eigenvalue weighted by atomic mass is 127. The first-order chi connectivity index (χ1) is 12.9. The summed E-state index contributed by atoms with van der Waals surface area (Å²) in [6.45, 7) is 5.92. The Hall–Kier alpha value is -1.72. The van der Waals surface area contributed by atoms with Gasteiger partial charge in [0.05, 0.1) is 16.6 Å². The van der Waals surface area contributed by atoms with Gasteiger partial charge in [0.1, 0.15) is 5.60 Å². The van der Waals surface area contributed by atoms with E-state index < -0.39 is 35.2 Å². The second-order valence-corrected chi connectivity index (χ2v) is 8.98. The van der Waals surface area contributed by atoms with Gasteiger partial charge in [-0.05, 0) is 68.3 Å². The van der Waals surface area contributed by atoms with Crippen LogP contribution in [-0.4, -0.2) is 39.2 Å². The maximum Gasteiger partial charge on any atom is 0.419 e. The van der Waals surface area contributed by atoms with Crippen molar-refractivity contribution < 1.29 is 22.7 Å². The number of piperidine rings is 1. The quantitative estimate of drug-likeness (QED) is 0.573. The molecule has 0 aliphatic carbocycles. The van der Waals surface area contributed by atoms with Gasteiger partial charge in [-0.3, -0.25) is 4.57 Å². The first-order valence-corrected chi connectivity index (χ1v) is 9.94. The van der Waals surface area contributed by atoms with Crippen LogP contribution in [0.15, 0.2) is 16.9 Å². The van der Waals surface area contributed by atoms with Crippen molar-refractivity contribution in [2.75, 3.05) is 13.1 Å². The van der Waals surface area contributed by atoms with Gasteiger partial charge in [0.2, 0.25) is 0 Å². The second kappa shape index (κ2) is 7.27. The minimum Gasteiger partial charge on any atom is -0.444 e. The molecule has 0 spiro atoms. The van der Waals surface area contributed by atoms with Crippen LogP contribution in [0.2, 0.25) is 0 Å². The topological polar surface area (TPSA) is 67.3 Å². The van der Waals surface area contributed by atoms with E-state index in [9.17, 15) is 22.8 Å². The Labute approximate surface area is 173 Å². The van der Waals surface area contributed by atoms with E-state index >= 15 is 0 Å². The minimum atomic E-state index is -4.58. The Balaban J connectivity index is 1.92. The fourth-order valence-corrected chi connectivity index (χ4v) is 4.19. The van der Waals surface area contributed by atoms with Crippen LogP contribution in [0.1, 0.15) is 45.2 Å². The number of carbonyl (C=O) groups excluding carboxylic acids is 1. The molecule has 0 unspecified atom stereocenters. The molecule has 0 bridgehead atoms. The molecule has 0 atom stereocenters. The number of imidazole rings is 1. The van der Waals surface area contributed by atoms with Crippen LogP contribution >= 0.6 is 22.6 Å². The van der Waals surface area contributed by atoms with E-state index in [-0.39, 0.29) is 14.6 Å². The first kappa shape index (κ1) is 21.0. The van der Waals surface area contributed by atoms with E-state index in [1.54, 1.807) is 43.4 Å². The van der Waals surface area contributed by atoms with E-state index in [1.807, 2.05) is 0 Å². The van der Waals surface area contributed by atoms with Crippen molar-refractivity contribution in [3.05, 3.63) is 31.8 Å². The van der Waals surface area contributed by atoms with E-state index in [0.717, 1.165) is 0 Å². The van der Waals surface area contributed by atoms with Crippen molar-refractivity contribution in [1.82, 2.24) is 14.5 Å². The molecule has 1 aromatic carbocycles. The highest BCUT2D eigenvalue weighted by molar-refractivity contribution is 14.1. The van der Waals surface area contributed by atoms with Crippen molar-refractivity contribution in [3.63, 3.8) is 0 Å². The number of H-pyrrole nitrogens is 1. The Kier molecular flexibility index (Phi) is 5.45. The van der Waals surface area contributed by atoms with E-state index in [2.05, 4.69) is 4.98 Å². The fourth-order valence-electron chi connectivity index (χ4n) is 3.45. The van der Waals surface area contributed by atoms with E-state index in [4.69, 9.17) is 4.74 Å². The van der Waals surface area contributed by atoms with Gasteiger partial charge in [-0.25, -0.2) is 9.59 Å². The lowest BCUT2D eigenvalue weighted by Crippen LogP contribution is -2.43. The number of hydrogen-bond donors (Lipinski definition) is 1. The predicted octanol–water partition coefficient (Wildman–Crippen LogP) is 4.53. The number of benzene rings is 1. The smallest absolute Gasteiger partial charge is 0.419 e. The summed E-state index contributed by atoms with van der Waals surface area (Å²) in [5, 5.41) is 0. The zero-order valence-corrected chi connectivity index (χ0v) is 17.8. The number of hydrogen-bond acceptors (Lipinski definition) is 3. The van der Waals surface area contributed by atoms with Crippen LogP contribution in [0.3, 0.4) is 0 Å². The summed E-state index contributed by atoms with van der Waals surface area (Å²) in [5.74, 6) is 0. The van der Waals surface area contributed by atoms with Gasteiger partial charge >= 0.3 is 18.0 Å². The molecular formula is C18H21F3IN3O3. The maximum absolute atomic E-state index is 13.7. The van der Waals surface area contributed by atoms with Gasteiger partial charge in [0, 0.05) is 22.7 Å². The molecule has 1 aliphatic rings. The summed E-state index contributed by atoms with van der Waals surface area (Å²) in [6.07, 6.45) is -4.30.